The molecule has 2 aromatic heterocycles. The van der Waals surface area contributed by atoms with Crippen molar-refractivity contribution in [2.45, 2.75) is 139 Å². The van der Waals surface area contributed by atoms with Crippen LogP contribution in [-0.2, 0) is 25.5 Å². The average molecular weight is 629 g/mol. The van der Waals surface area contributed by atoms with Gasteiger partial charge in [-0.25, -0.2) is 0 Å². The van der Waals surface area contributed by atoms with Gasteiger partial charge >= 0.3 is 11.9 Å². The second kappa shape index (κ2) is 15.7. The average Bonchev–Trinajstić information content (AvgIpc) is 2.98. The normalized spacial score (nSPS) is 16.7. The summed E-state index contributed by atoms with van der Waals surface area (Å²) in [5.74, 6) is -0.831. The molecular formula is C36H52O9. The molecule has 0 aliphatic carbocycles. The smallest absolute Gasteiger partial charge is 0.302 e. The van der Waals surface area contributed by atoms with Crippen LogP contribution in [0.3, 0.4) is 0 Å². The predicted octanol–water partition coefficient (Wildman–Crippen LogP) is 6.62. The van der Waals surface area contributed by atoms with Crippen molar-refractivity contribution in [2.24, 2.45) is 5.92 Å². The Bertz CT molecular complexity index is 1530. The van der Waals surface area contributed by atoms with Gasteiger partial charge in [0.05, 0.1) is 17.9 Å². The van der Waals surface area contributed by atoms with Crippen molar-refractivity contribution in [3.8, 4) is 0 Å². The third kappa shape index (κ3) is 8.43. The lowest BCUT2D eigenvalue weighted by Crippen LogP contribution is -2.38. The number of carbonyl (C=O) groups excluding carboxylic acids is 2. The van der Waals surface area contributed by atoms with Crippen molar-refractivity contribution < 1.29 is 33.0 Å². The first-order valence-electron chi connectivity index (χ1n) is 15.9. The number of hydrogen-bond donors (Lipinski definition) is 1. The van der Waals surface area contributed by atoms with E-state index in [9.17, 15) is 24.3 Å². The zero-order chi connectivity index (χ0) is 34.5. The van der Waals surface area contributed by atoms with Crippen LogP contribution in [0.1, 0.15) is 132 Å². The van der Waals surface area contributed by atoms with Crippen molar-refractivity contribution in [2.75, 3.05) is 0 Å². The predicted molar refractivity (Wildman–Crippen MR) is 174 cm³/mol. The highest BCUT2D eigenvalue weighted by Crippen LogP contribution is 2.34. The molecule has 7 atom stereocenters. The number of aliphatic hydroxyl groups excluding tert-OH is 1. The molecule has 0 aliphatic heterocycles. The number of rotatable bonds is 13. The van der Waals surface area contributed by atoms with Gasteiger partial charge in [0.25, 0.3) is 0 Å². The maximum absolute atomic E-state index is 13.3. The Kier molecular flexibility index (Phi) is 13.2. The summed E-state index contributed by atoms with van der Waals surface area (Å²) in [6.07, 6.45) is 0.636. The molecule has 0 saturated carbocycles. The number of carbonyl (C=O) groups is 2. The minimum atomic E-state index is -1.04. The van der Waals surface area contributed by atoms with Crippen LogP contribution in [0.15, 0.2) is 30.1 Å². The summed E-state index contributed by atoms with van der Waals surface area (Å²) in [6.45, 7) is 22.5. The molecule has 45 heavy (non-hydrogen) atoms. The van der Waals surface area contributed by atoms with E-state index >= 15 is 0 Å². The van der Waals surface area contributed by atoms with Gasteiger partial charge in [-0.05, 0) is 46.6 Å². The van der Waals surface area contributed by atoms with Crippen LogP contribution in [0.2, 0.25) is 0 Å². The number of aliphatic hydroxyl groups is 1. The van der Waals surface area contributed by atoms with Gasteiger partial charge in [-0.15, -0.1) is 0 Å². The van der Waals surface area contributed by atoms with Crippen molar-refractivity contribution in [1.29, 1.82) is 0 Å². The van der Waals surface area contributed by atoms with E-state index in [0.717, 1.165) is 0 Å². The van der Waals surface area contributed by atoms with Crippen LogP contribution in [0.5, 0.6) is 0 Å². The zero-order valence-corrected chi connectivity index (χ0v) is 29.2. The van der Waals surface area contributed by atoms with Crippen LogP contribution >= 0.6 is 0 Å². The van der Waals surface area contributed by atoms with E-state index in [1.54, 1.807) is 41.5 Å². The van der Waals surface area contributed by atoms with Gasteiger partial charge in [0.2, 0.25) is 0 Å². The van der Waals surface area contributed by atoms with Crippen LogP contribution in [0.25, 0.3) is 0 Å². The molecule has 0 saturated heterocycles. The fourth-order valence-electron chi connectivity index (χ4n) is 6.31. The molecule has 2 rings (SSSR count). The quantitative estimate of drug-likeness (QED) is 0.192. The molecule has 0 aliphatic rings. The Morgan fingerprint density at radius 2 is 1.24 bits per heavy atom. The monoisotopic (exact) mass is 628 g/mol. The number of ether oxygens (including phenoxy) is 2. The summed E-state index contributed by atoms with van der Waals surface area (Å²) < 4.78 is 23.8. The Hall–Kier alpha value is -3.46. The van der Waals surface area contributed by atoms with Gasteiger partial charge in [-0.2, -0.15) is 0 Å². The first-order valence-corrected chi connectivity index (χ1v) is 15.9. The minimum Gasteiger partial charge on any atom is -0.465 e. The largest absolute Gasteiger partial charge is 0.465 e. The highest BCUT2D eigenvalue weighted by atomic mass is 16.5. The van der Waals surface area contributed by atoms with Crippen molar-refractivity contribution in [3.63, 3.8) is 0 Å². The Morgan fingerprint density at radius 1 is 0.756 bits per heavy atom. The molecule has 7 unspecified atom stereocenters. The second-order valence-corrected chi connectivity index (χ2v) is 12.4. The molecule has 9 heteroatoms. The topological polar surface area (TPSA) is 133 Å². The van der Waals surface area contributed by atoms with Crippen LogP contribution in [0, 0.1) is 33.6 Å². The lowest BCUT2D eigenvalue weighted by molar-refractivity contribution is -0.152. The molecule has 0 amide bonds. The summed E-state index contributed by atoms with van der Waals surface area (Å²) in [4.78, 5) is 50.1. The Balaban J connectivity index is 2.51. The molecule has 0 fully saturated rings. The van der Waals surface area contributed by atoms with E-state index in [1.807, 2.05) is 40.7 Å². The first-order chi connectivity index (χ1) is 20.9. The van der Waals surface area contributed by atoms with Crippen molar-refractivity contribution in [3.05, 3.63) is 77.4 Å². The Morgan fingerprint density at radius 3 is 1.73 bits per heavy atom. The lowest BCUT2D eigenvalue weighted by atomic mass is 9.83. The highest BCUT2D eigenvalue weighted by molar-refractivity contribution is 5.66. The third-order valence-corrected chi connectivity index (χ3v) is 8.97. The van der Waals surface area contributed by atoms with E-state index < -0.39 is 48.0 Å². The fraction of sp³-hybridized carbons (Fsp3) is 0.611. The molecule has 2 aromatic rings. The van der Waals surface area contributed by atoms with Crippen LogP contribution in [-0.4, -0.2) is 35.4 Å². The molecule has 0 aromatic carbocycles. The fourth-order valence-corrected chi connectivity index (χ4v) is 6.31. The first kappa shape index (κ1) is 37.7. The van der Waals surface area contributed by atoms with Gasteiger partial charge in [0.15, 0.2) is 10.9 Å². The maximum atomic E-state index is 13.3. The number of esters is 2. The highest BCUT2D eigenvalue weighted by Gasteiger charge is 2.36. The van der Waals surface area contributed by atoms with Crippen LogP contribution < -0.4 is 10.9 Å². The summed E-state index contributed by atoms with van der Waals surface area (Å²) in [7, 11) is 0. The lowest BCUT2D eigenvalue weighted by Gasteiger charge is -2.32. The second-order valence-electron chi connectivity index (χ2n) is 12.4. The Labute approximate surface area is 267 Å². The van der Waals surface area contributed by atoms with E-state index in [1.165, 1.54) is 13.8 Å². The van der Waals surface area contributed by atoms with Crippen molar-refractivity contribution >= 4 is 11.9 Å². The van der Waals surface area contributed by atoms with Crippen molar-refractivity contribution in [1.82, 2.24) is 0 Å². The standard InChI is InChI=1S/C36H52O9/c1-14-28-19(5)31(40)23(9)36(44-28)25(11)35(43-27(13)38)21(7)30(39)17(3)16-18(4)33-22(8)32(41)24(10)34(45-33)20(6)29(15-2)42-26(12)37/h16,18,20-21,25,29-30,35,39H,14-15H2,1-13H3. The van der Waals surface area contributed by atoms with E-state index in [0.29, 0.717) is 63.7 Å². The summed E-state index contributed by atoms with van der Waals surface area (Å²) in [6, 6.07) is 0. The molecule has 0 bridgehead atoms. The molecule has 0 radical (unpaired) electrons. The van der Waals surface area contributed by atoms with Gasteiger partial charge in [-0.3, -0.25) is 19.2 Å². The number of allylic oxidation sites excluding steroid dienone is 1. The summed E-state index contributed by atoms with van der Waals surface area (Å²) in [5, 5.41) is 11.5. The van der Waals surface area contributed by atoms with Crippen LogP contribution in [0.4, 0.5) is 0 Å². The summed E-state index contributed by atoms with van der Waals surface area (Å²) >= 11 is 0. The number of aryl methyl sites for hydroxylation is 1. The zero-order valence-electron chi connectivity index (χ0n) is 29.2. The van der Waals surface area contributed by atoms with Gasteiger partial charge < -0.3 is 23.4 Å². The maximum Gasteiger partial charge on any atom is 0.302 e. The molecular weight excluding hydrogens is 576 g/mol. The van der Waals surface area contributed by atoms with Gasteiger partial charge in [0.1, 0.15) is 35.2 Å². The van der Waals surface area contributed by atoms with E-state index in [2.05, 4.69) is 0 Å². The third-order valence-electron chi connectivity index (χ3n) is 8.97. The number of hydrogen-bond acceptors (Lipinski definition) is 9. The molecule has 2 heterocycles. The summed E-state index contributed by atoms with van der Waals surface area (Å²) in [5.41, 5.74) is 2.28. The SMILES string of the molecule is CCc1oc(C(C)C(OC(C)=O)C(C)C(O)C(C)=CC(C)c2oc(C(C)C(CC)OC(C)=O)c(C)c(=O)c2C)c(C)c(=O)c1C. The van der Waals surface area contributed by atoms with E-state index in [-0.39, 0.29) is 16.8 Å². The molecule has 9 nitrogen and oxygen atoms in total. The molecule has 250 valence electrons. The minimum absolute atomic E-state index is 0.110. The molecule has 0 spiro atoms. The van der Waals surface area contributed by atoms with Gasteiger partial charge in [0, 0.05) is 54.4 Å². The molecule has 1 N–H and O–H groups in total. The van der Waals surface area contributed by atoms with E-state index in [4.69, 9.17) is 18.3 Å². The van der Waals surface area contributed by atoms with Gasteiger partial charge in [-0.1, -0.05) is 47.6 Å².